The first-order chi connectivity index (χ1) is 5.80. The summed E-state index contributed by atoms with van der Waals surface area (Å²) in [6, 6.07) is -2.61. The van der Waals surface area contributed by atoms with Crippen molar-refractivity contribution in [3.05, 3.63) is 0 Å². The highest BCUT2D eigenvalue weighted by atomic mass is 19.4. The van der Waals surface area contributed by atoms with Crippen molar-refractivity contribution >= 4 is 5.97 Å². The van der Waals surface area contributed by atoms with Gasteiger partial charge in [0.25, 0.3) is 0 Å². The third-order valence-corrected chi connectivity index (χ3v) is 1.25. The summed E-state index contributed by atoms with van der Waals surface area (Å²) in [5.74, 6) is -1.37. The second-order valence-electron chi connectivity index (χ2n) is 2.26. The van der Waals surface area contributed by atoms with Crippen LogP contribution in [0.3, 0.4) is 0 Å². The molecular formula is C6H10F3NO3. The van der Waals surface area contributed by atoms with Crippen LogP contribution in [0.5, 0.6) is 0 Å². The molecule has 0 unspecified atom stereocenters. The number of hydrogen-bond donors (Lipinski definition) is 2. The van der Waals surface area contributed by atoms with E-state index in [1.807, 2.05) is 0 Å². The number of halogens is 3. The van der Waals surface area contributed by atoms with Crippen LogP contribution in [-0.2, 0) is 9.53 Å². The summed E-state index contributed by atoms with van der Waals surface area (Å²) >= 11 is 0. The van der Waals surface area contributed by atoms with Gasteiger partial charge < -0.3 is 15.6 Å². The van der Waals surface area contributed by atoms with Gasteiger partial charge in [-0.25, -0.2) is 4.79 Å². The molecule has 0 saturated carbocycles. The minimum Gasteiger partial charge on any atom is -0.464 e. The molecule has 13 heavy (non-hydrogen) atoms. The van der Waals surface area contributed by atoms with E-state index in [1.54, 1.807) is 0 Å². The molecule has 0 aliphatic heterocycles. The maximum Gasteiger partial charge on any atom is 0.406 e. The SMILES string of the molecule is CCOC(=O)[C@H](O)[C@H](N)C(F)(F)F. The fraction of sp³-hybridized carbons (Fsp3) is 0.833. The molecular weight excluding hydrogens is 191 g/mol. The molecule has 4 nitrogen and oxygen atoms in total. The number of aliphatic hydroxyl groups excluding tert-OH is 1. The van der Waals surface area contributed by atoms with Gasteiger partial charge in [0.1, 0.15) is 6.04 Å². The summed E-state index contributed by atoms with van der Waals surface area (Å²) in [5.41, 5.74) is 4.55. The van der Waals surface area contributed by atoms with Crippen LogP contribution < -0.4 is 5.73 Å². The Kier molecular flexibility index (Phi) is 4.15. The van der Waals surface area contributed by atoms with Crippen molar-refractivity contribution in [2.45, 2.75) is 25.2 Å². The van der Waals surface area contributed by atoms with Crippen molar-refractivity contribution < 1.29 is 27.8 Å². The normalized spacial score (nSPS) is 16.5. The highest BCUT2D eigenvalue weighted by molar-refractivity contribution is 5.75. The van der Waals surface area contributed by atoms with Gasteiger partial charge in [-0.3, -0.25) is 0 Å². The van der Waals surface area contributed by atoms with E-state index in [0.29, 0.717) is 0 Å². The van der Waals surface area contributed by atoms with E-state index in [0.717, 1.165) is 0 Å². The molecule has 0 spiro atoms. The average molecular weight is 201 g/mol. The van der Waals surface area contributed by atoms with Crippen molar-refractivity contribution in [1.82, 2.24) is 0 Å². The van der Waals surface area contributed by atoms with Crippen LogP contribution in [0.4, 0.5) is 13.2 Å². The van der Waals surface area contributed by atoms with Gasteiger partial charge in [-0.05, 0) is 6.92 Å². The van der Waals surface area contributed by atoms with Crippen LogP contribution >= 0.6 is 0 Å². The monoisotopic (exact) mass is 201 g/mol. The minimum absolute atomic E-state index is 0.111. The van der Waals surface area contributed by atoms with Gasteiger partial charge in [-0.2, -0.15) is 13.2 Å². The third-order valence-electron chi connectivity index (χ3n) is 1.25. The Labute approximate surface area is 72.5 Å². The Morgan fingerprint density at radius 1 is 1.62 bits per heavy atom. The van der Waals surface area contributed by atoms with Crippen molar-refractivity contribution in [3.8, 4) is 0 Å². The summed E-state index contributed by atoms with van der Waals surface area (Å²) in [5, 5.41) is 8.73. The molecule has 0 saturated heterocycles. The Balaban J connectivity index is 4.25. The first-order valence-corrected chi connectivity index (χ1v) is 3.47. The molecule has 0 fully saturated rings. The molecule has 0 aliphatic carbocycles. The zero-order chi connectivity index (χ0) is 10.6. The zero-order valence-corrected chi connectivity index (χ0v) is 6.84. The van der Waals surface area contributed by atoms with E-state index in [-0.39, 0.29) is 6.61 Å². The van der Waals surface area contributed by atoms with Gasteiger partial charge in [-0.1, -0.05) is 0 Å². The van der Waals surface area contributed by atoms with Gasteiger partial charge in [0, 0.05) is 0 Å². The van der Waals surface area contributed by atoms with E-state index in [9.17, 15) is 18.0 Å². The lowest BCUT2D eigenvalue weighted by Crippen LogP contribution is -2.51. The maximum absolute atomic E-state index is 11.8. The molecule has 0 bridgehead atoms. The van der Waals surface area contributed by atoms with E-state index in [4.69, 9.17) is 5.11 Å². The number of rotatable bonds is 3. The standard InChI is InChI=1S/C6H10F3NO3/c1-2-13-5(12)3(11)4(10)6(7,8)9/h3-4,11H,2,10H2,1H3/t3-,4+/m1/s1. The lowest BCUT2D eigenvalue weighted by Gasteiger charge is -2.19. The lowest BCUT2D eigenvalue weighted by molar-refractivity contribution is -0.185. The van der Waals surface area contributed by atoms with Crippen LogP contribution in [-0.4, -0.2) is 36.0 Å². The van der Waals surface area contributed by atoms with Crippen molar-refractivity contribution in [3.63, 3.8) is 0 Å². The number of alkyl halides is 3. The molecule has 0 amide bonds. The molecule has 0 aromatic rings. The van der Waals surface area contributed by atoms with Gasteiger partial charge in [-0.15, -0.1) is 0 Å². The fourth-order valence-electron chi connectivity index (χ4n) is 0.553. The van der Waals surface area contributed by atoms with Crippen molar-refractivity contribution in [2.24, 2.45) is 5.73 Å². The number of ether oxygens (including phenoxy) is 1. The zero-order valence-electron chi connectivity index (χ0n) is 6.84. The van der Waals surface area contributed by atoms with Crippen LogP contribution in [0, 0.1) is 0 Å². The van der Waals surface area contributed by atoms with Gasteiger partial charge in [0.05, 0.1) is 6.61 Å². The smallest absolute Gasteiger partial charge is 0.406 e. The van der Waals surface area contributed by atoms with Crippen LogP contribution in [0.1, 0.15) is 6.92 Å². The number of esters is 1. The summed E-state index contributed by atoms with van der Waals surface area (Å²) in [4.78, 5) is 10.6. The molecule has 0 aromatic heterocycles. The number of aliphatic hydroxyl groups is 1. The molecule has 0 radical (unpaired) electrons. The molecule has 78 valence electrons. The molecule has 0 heterocycles. The summed E-state index contributed by atoms with van der Waals surface area (Å²) in [6.07, 6.45) is -7.17. The lowest BCUT2D eigenvalue weighted by atomic mass is 10.2. The summed E-state index contributed by atoms with van der Waals surface area (Å²) < 4.78 is 39.6. The molecule has 3 N–H and O–H groups in total. The number of nitrogens with two attached hydrogens (primary N) is 1. The molecule has 2 atom stereocenters. The number of hydrogen-bond acceptors (Lipinski definition) is 4. The van der Waals surface area contributed by atoms with E-state index >= 15 is 0 Å². The molecule has 0 rings (SSSR count). The van der Waals surface area contributed by atoms with E-state index in [1.165, 1.54) is 6.92 Å². The Morgan fingerprint density at radius 3 is 2.38 bits per heavy atom. The van der Waals surface area contributed by atoms with Crippen molar-refractivity contribution in [2.75, 3.05) is 6.61 Å². The topological polar surface area (TPSA) is 72.5 Å². The fourth-order valence-corrected chi connectivity index (χ4v) is 0.553. The van der Waals surface area contributed by atoms with Crippen molar-refractivity contribution in [1.29, 1.82) is 0 Å². The van der Waals surface area contributed by atoms with E-state index < -0.39 is 24.3 Å². The Bertz CT molecular complexity index is 182. The maximum atomic E-state index is 11.8. The van der Waals surface area contributed by atoms with Gasteiger partial charge in [0.2, 0.25) is 0 Å². The average Bonchev–Trinajstić information content (AvgIpc) is 2.00. The summed E-state index contributed by atoms with van der Waals surface area (Å²) in [6.45, 7) is 1.30. The van der Waals surface area contributed by atoms with Crippen LogP contribution in [0.15, 0.2) is 0 Å². The Morgan fingerprint density at radius 2 is 2.08 bits per heavy atom. The second kappa shape index (κ2) is 4.43. The third kappa shape index (κ3) is 3.60. The van der Waals surface area contributed by atoms with Crippen LogP contribution in [0.2, 0.25) is 0 Å². The van der Waals surface area contributed by atoms with Crippen LogP contribution in [0.25, 0.3) is 0 Å². The Hall–Kier alpha value is -0.820. The van der Waals surface area contributed by atoms with E-state index in [2.05, 4.69) is 10.5 Å². The predicted octanol–water partition coefficient (Wildman–Crippen LogP) is -0.200. The molecule has 0 aromatic carbocycles. The van der Waals surface area contributed by atoms with Gasteiger partial charge >= 0.3 is 12.1 Å². The predicted molar refractivity (Wildman–Crippen MR) is 36.7 cm³/mol. The first kappa shape index (κ1) is 12.2. The number of carbonyl (C=O) groups is 1. The quantitative estimate of drug-likeness (QED) is 0.620. The largest absolute Gasteiger partial charge is 0.464 e. The summed E-state index contributed by atoms with van der Waals surface area (Å²) in [7, 11) is 0. The highest BCUT2D eigenvalue weighted by Crippen LogP contribution is 2.21. The minimum atomic E-state index is -4.81. The first-order valence-electron chi connectivity index (χ1n) is 3.47. The van der Waals surface area contributed by atoms with Gasteiger partial charge in [0.15, 0.2) is 6.10 Å². The molecule has 0 aliphatic rings. The number of carbonyl (C=O) groups excluding carboxylic acids is 1. The second-order valence-corrected chi connectivity index (χ2v) is 2.26. The molecule has 7 heteroatoms. The highest BCUT2D eigenvalue weighted by Gasteiger charge is 2.44.